The van der Waals surface area contributed by atoms with Crippen LogP contribution < -0.4 is 4.74 Å². The second-order valence-corrected chi connectivity index (χ2v) is 6.51. The van der Waals surface area contributed by atoms with Crippen LogP contribution in [0.1, 0.15) is 34.0 Å². The molecule has 0 atom stereocenters. The molecular weight excluding hydrogens is 369 g/mol. The van der Waals surface area contributed by atoms with Crippen molar-refractivity contribution in [2.75, 3.05) is 20.2 Å². The van der Waals surface area contributed by atoms with E-state index in [1.54, 1.807) is 19.3 Å². The largest absolute Gasteiger partial charge is 0.485 e. The molecule has 0 amide bonds. The summed E-state index contributed by atoms with van der Waals surface area (Å²) in [5, 5.41) is 0. The Balaban J connectivity index is 2.13. The zero-order valence-electron chi connectivity index (χ0n) is 16.3. The second-order valence-electron chi connectivity index (χ2n) is 6.51. The average Bonchev–Trinajstić information content (AvgIpc) is 2.65. The number of nitrogens with zero attached hydrogens (tertiary/aromatic N) is 2. The number of hydrogen-bond donors (Lipinski definition) is 0. The summed E-state index contributed by atoms with van der Waals surface area (Å²) in [6.45, 7) is 6.13. The van der Waals surface area contributed by atoms with Crippen molar-refractivity contribution in [1.29, 1.82) is 0 Å². The van der Waals surface area contributed by atoms with E-state index in [2.05, 4.69) is 4.99 Å². The summed E-state index contributed by atoms with van der Waals surface area (Å²) in [5.41, 5.74) is 1.97. The number of rotatable bonds is 7. The molecule has 7 heteroatoms. The summed E-state index contributed by atoms with van der Waals surface area (Å²) in [7, 11) is 1.91. The van der Waals surface area contributed by atoms with Crippen LogP contribution in [0.2, 0.25) is 0 Å². The van der Waals surface area contributed by atoms with Gasteiger partial charge in [0.1, 0.15) is 5.75 Å². The third-order valence-electron chi connectivity index (χ3n) is 4.27. The van der Waals surface area contributed by atoms with E-state index in [1.807, 2.05) is 31.9 Å². The Morgan fingerprint density at radius 2 is 1.89 bits per heavy atom. The topological polar surface area (TPSA) is 41.9 Å². The van der Waals surface area contributed by atoms with Crippen LogP contribution >= 0.6 is 0 Å². The number of aryl methyl sites for hydroxylation is 2. The fourth-order valence-corrected chi connectivity index (χ4v) is 2.47. The lowest BCUT2D eigenvalue weighted by atomic mass is 10.0. The highest BCUT2D eigenvalue weighted by Gasteiger charge is 2.30. The van der Waals surface area contributed by atoms with Gasteiger partial charge < -0.3 is 9.64 Å². The molecule has 0 heterocycles. The predicted molar refractivity (Wildman–Crippen MR) is 104 cm³/mol. The van der Waals surface area contributed by atoms with Gasteiger partial charge in [-0.1, -0.05) is 6.07 Å². The molecule has 0 aliphatic carbocycles. The van der Waals surface area contributed by atoms with Crippen molar-refractivity contribution >= 4 is 17.8 Å². The van der Waals surface area contributed by atoms with E-state index in [0.29, 0.717) is 5.56 Å². The van der Waals surface area contributed by atoms with E-state index in [9.17, 15) is 18.0 Å². The number of ether oxygens (including phenoxy) is 1. The maximum atomic E-state index is 12.8. The Morgan fingerprint density at radius 3 is 2.54 bits per heavy atom. The third kappa shape index (κ3) is 5.58. The summed E-state index contributed by atoms with van der Waals surface area (Å²) in [4.78, 5) is 18.8. The first-order chi connectivity index (χ1) is 13.1. The van der Waals surface area contributed by atoms with Crippen LogP contribution in [0.15, 0.2) is 41.4 Å². The summed E-state index contributed by atoms with van der Waals surface area (Å²) in [6, 6.07) is 8.02. The van der Waals surface area contributed by atoms with E-state index in [-0.39, 0.29) is 18.1 Å². The molecule has 2 aromatic rings. The molecule has 0 radical (unpaired) electrons. The van der Waals surface area contributed by atoms with Crippen LogP contribution in [0, 0.1) is 13.8 Å². The van der Waals surface area contributed by atoms with E-state index < -0.39 is 11.7 Å². The van der Waals surface area contributed by atoms with E-state index in [0.717, 1.165) is 35.5 Å². The van der Waals surface area contributed by atoms with Crippen molar-refractivity contribution < 1.29 is 22.7 Å². The van der Waals surface area contributed by atoms with Gasteiger partial charge in [0.2, 0.25) is 0 Å². The standard InChI is InChI=1S/C21H23F3N2O2/c1-5-26(4)13-25-19-10-14(2)18(9-15(19)3)20(27)12-28-17-8-6-7-16(11-17)21(22,23)24/h6-11,13H,5,12H2,1-4H3/b25-13-. The van der Waals surface area contributed by atoms with Gasteiger partial charge >= 0.3 is 6.18 Å². The molecule has 0 aliphatic heterocycles. The minimum absolute atomic E-state index is 0.00127. The zero-order chi connectivity index (χ0) is 20.9. The molecule has 0 aliphatic rings. The Hall–Kier alpha value is -2.83. The lowest BCUT2D eigenvalue weighted by Gasteiger charge is -2.12. The van der Waals surface area contributed by atoms with Crippen LogP contribution in [0.3, 0.4) is 0 Å². The van der Waals surface area contributed by atoms with Crippen molar-refractivity contribution in [2.24, 2.45) is 4.99 Å². The van der Waals surface area contributed by atoms with Gasteiger partial charge in [0.25, 0.3) is 0 Å². The minimum Gasteiger partial charge on any atom is -0.485 e. The highest BCUT2D eigenvalue weighted by Crippen LogP contribution is 2.31. The molecule has 4 nitrogen and oxygen atoms in total. The number of ketones is 1. The Kier molecular flexibility index (Phi) is 6.83. The van der Waals surface area contributed by atoms with Crippen molar-refractivity contribution in [1.82, 2.24) is 4.90 Å². The van der Waals surface area contributed by atoms with Crippen molar-refractivity contribution in [3.05, 3.63) is 58.7 Å². The number of benzene rings is 2. The summed E-state index contributed by atoms with van der Waals surface area (Å²) >= 11 is 0. The van der Waals surface area contributed by atoms with Gasteiger partial charge in [-0.2, -0.15) is 13.2 Å². The fraction of sp³-hybridized carbons (Fsp3) is 0.333. The van der Waals surface area contributed by atoms with Gasteiger partial charge in [-0.15, -0.1) is 0 Å². The second kappa shape index (κ2) is 8.91. The van der Waals surface area contributed by atoms with E-state index >= 15 is 0 Å². The third-order valence-corrected chi connectivity index (χ3v) is 4.27. The van der Waals surface area contributed by atoms with E-state index in [4.69, 9.17) is 4.74 Å². The molecule has 0 spiro atoms. The number of halogens is 3. The minimum atomic E-state index is -4.46. The highest BCUT2D eigenvalue weighted by molar-refractivity contribution is 5.99. The van der Waals surface area contributed by atoms with Crippen molar-refractivity contribution in [2.45, 2.75) is 26.9 Å². The molecule has 2 aromatic carbocycles. The first-order valence-corrected chi connectivity index (χ1v) is 8.80. The molecule has 0 bridgehead atoms. The normalized spacial score (nSPS) is 11.7. The number of alkyl halides is 3. The quantitative estimate of drug-likeness (QED) is 0.370. The maximum Gasteiger partial charge on any atom is 0.416 e. The van der Waals surface area contributed by atoms with Crippen molar-refractivity contribution in [3.8, 4) is 5.75 Å². The van der Waals surface area contributed by atoms with Crippen molar-refractivity contribution in [3.63, 3.8) is 0 Å². The first-order valence-electron chi connectivity index (χ1n) is 8.80. The first kappa shape index (κ1) is 21.5. The Labute approximate surface area is 162 Å². The lowest BCUT2D eigenvalue weighted by Crippen LogP contribution is -2.15. The van der Waals surface area contributed by atoms with Crippen LogP contribution in [0.5, 0.6) is 5.75 Å². The zero-order valence-corrected chi connectivity index (χ0v) is 16.3. The summed E-state index contributed by atoms with van der Waals surface area (Å²) < 4.78 is 43.6. The molecule has 2 rings (SSSR count). The van der Waals surface area contributed by atoms with Crippen LogP contribution in [0.4, 0.5) is 18.9 Å². The molecule has 150 valence electrons. The molecule has 0 saturated carbocycles. The fourth-order valence-electron chi connectivity index (χ4n) is 2.47. The van der Waals surface area contributed by atoms with Gasteiger partial charge in [-0.05, 0) is 62.2 Å². The lowest BCUT2D eigenvalue weighted by molar-refractivity contribution is -0.137. The number of aliphatic imine (C=N–C) groups is 1. The van der Waals surface area contributed by atoms with Gasteiger partial charge in [0.15, 0.2) is 12.4 Å². The smallest absolute Gasteiger partial charge is 0.416 e. The molecule has 28 heavy (non-hydrogen) atoms. The molecule has 0 aromatic heterocycles. The van der Waals surface area contributed by atoms with Crippen LogP contribution in [0.25, 0.3) is 0 Å². The van der Waals surface area contributed by atoms with Crippen LogP contribution in [-0.2, 0) is 6.18 Å². The molecular formula is C21H23F3N2O2. The number of Topliss-reactive ketones (excluding diaryl/α,β-unsaturated/α-hetero) is 1. The van der Waals surface area contributed by atoms with Gasteiger partial charge in [0.05, 0.1) is 17.6 Å². The predicted octanol–water partition coefficient (Wildman–Crippen LogP) is 5.20. The average molecular weight is 392 g/mol. The monoisotopic (exact) mass is 392 g/mol. The SMILES string of the molecule is CCN(C)/C=N\c1cc(C)c(C(=O)COc2cccc(C(F)(F)F)c2)cc1C. The Bertz CT molecular complexity index is 876. The maximum absolute atomic E-state index is 12.8. The van der Waals surface area contributed by atoms with Gasteiger partial charge in [-0.25, -0.2) is 4.99 Å². The number of carbonyl (C=O) groups is 1. The molecule has 0 N–H and O–H groups in total. The molecule has 0 fully saturated rings. The summed E-state index contributed by atoms with van der Waals surface area (Å²) in [5.74, 6) is -0.305. The van der Waals surface area contributed by atoms with E-state index in [1.165, 1.54) is 12.1 Å². The summed E-state index contributed by atoms with van der Waals surface area (Å²) in [6.07, 6.45) is -2.74. The number of hydrogen-bond acceptors (Lipinski definition) is 3. The highest BCUT2D eigenvalue weighted by atomic mass is 19.4. The van der Waals surface area contributed by atoms with Gasteiger partial charge in [0, 0.05) is 19.2 Å². The van der Waals surface area contributed by atoms with Crippen LogP contribution in [-0.4, -0.2) is 37.2 Å². The molecule has 0 saturated heterocycles. The van der Waals surface area contributed by atoms with Gasteiger partial charge in [-0.3, -0.25) is 4.79 Å². The number of carbonyl (C=O) groups excluding carboxylic acids is 1. The Morgan fingerprint density at radius 1 is 1.18 bits per heavy atom. The molecule has 0 unspecified atom stereocenters.